The van der Waals surface area contributed by atoms with E-state index in [1.165, 1.54) is 11.1 Å². The molecule has 2 aromatic carbocycles. The van der Waals surface area contributed by atoms with Crippen molar-refractivity contribution >= 4 is 17.5 Å². The summed E-state index contributed by atoms with van der Waals surface area (Å²) in [6.07, 6.45) is 2.27. The summed E-state index contributed by atoms with van der Waals surface area (Å²) in [6, 6.07) is 13.5. The molecule has 2 amide bonds. The van der Waals surface area contributed by atoms with Gasteiger partial charge in [0.05, 0.1) is 13.2 Å². The number of anilines is 1. The summed E-state index contributed by atoms with van der Waals surface area (Å²) in [5, 5.41) is 0. The van der Waals surface area contributed by atoms with Gasteiger partial charge in [0.1, 0.15) is 5.75 Å². The highest BCUT2D eigenvalue weighted by Crippen LogP contribution is 2.33. The molecule has 5 heteroatoms. The molecule has 140 valence electrons. The second-order valence-corrected chi connectivity index (χ2v) is 7.19. The molecule has 4 rings (SSSR count). The highest BCUT2D eigenvalue weighted by Gasteiger charge is 2.29. The van der Waals surface area contributed by atoms with E-state index in [2.05, 4.69) is 19.1 Å². The van der Waals surface area contributed by atoms with Gasteiger partial charge in [0.25, 0.3) is 5.91 Å². The van der Waals surface area contributed by atoms with E-state index in [9.17, 15) is 9.59 Å². The number of nitrogens with zero attached hydrogens (tertiary/aromatic N) is 2. The van der Waals surface area contributed by atoms with Gasteiger partial charge in [-0.05, 0) is 61.2 Å². The molecule has 1 atom stereocenters. The van der Waals surface area contributed by atoms with Gasteiger partial charge in [-0.2, -0.15) is 0 Å². The van der Waals surface area contributed by atoms with Crippen molar-refractivity contribution in [3.63, 3.8) is 0 Å². The molecule has 5 nitrogen and oxygen atoms in total. The number of hydrogen-bond donors (Lipinski definition) is 0. The summed E-state index contributed by atoms with van der Waals surface area (Å²) in [7, 11) is 1.67. The summed E-state index contributed by atoms with van der Waals surface area (Å²) in [5.41, 5.74) is 3.86. The van der Waals surface area contributed by atoms with Crippen LogP contribution in [-0.2, 0) is 11.2 Å². The third-order valence-corrected chi connectivity index (χ3v) is 5.63. The molecule has 27 heavy (non-hydrogen) atoms. The van der Waals surface area contributed by atoms with Crippen molar-refractivity contribution in [3.05, 3.63) is 59.2 Å². The van der Waals surface area contributed by atoms with E-state index >= 15 is 0 Å². The molecule has 0 spiro atoms. The summed E-state index contributed by atoms with van der Waals surface area (Å²) in [6.45, 7) is 3.47. The van der Waals surface area contributed by atoms with Crippen LogP contribution in [-0.4, -0.2) is 36.9 Å². The Morgan fingerprint density at radius 2 is 1.96 bits per heavy atom. The van der Waals surface area contributed by atoms with Gasteiger partial charge in [0.15, 0.2) is 0 Å². The van der Waals surface area contributed by atoms with Crippen molar-refractivity contribution in [2.45, 2.75) is 32.2 Å². The number of ether oxygens (including phenoxy) is 1. The van der Waals surface area contributed by atoms with Gasteiger partial charge in [-0.1, -0.05) is 12.1 Å². The Morgan fingerprint density at radius 1 is 1.11 bits per heavy atom. The number of rotatable bonds is 3. The average Bonchev–Trinajstić information content (AvgIpc) is 3.13. The maximum absolute atomic E-state index is 13.2. The first-order valence-corrected chi connectivity index (χ1v) is 9.46. The van der Waals surface area contributed by atoms with E-state index in [-0.39, 0.29) is 17.9 Å². The lowest BCUT2D eigenvalue weighted by molar-refractivity contribution is -0.117. The Bertz CT molecular complexity index is 893. The first-order chi connectivity index (χ1) is 13.1. The topological polar surface area (TPSA) is 49.9 Å². The number of carbonyl (C=O) groups is 2. The van der Waals surface area contributed by atoms with Gasteiger partial charge in [-0.25, -0.2) is 0 Å². The summed E-state index contributed by atoms with van der Waals surface area (Å²) in [5.74, 6) is 0.995. The minimum Gasteiger partial charge on any atom is -0.497 e. The van der Waals surface area contributed by atoms with Crippen LogP contribution in [0.15, 0.2) is 42.5 Å². The van der Waals surface area contributed by atoms with E-state index in [0.717, 1.165) is 30.8 Å². The third-order valence-electron chi connectivity index (χ3n) is 5.63. The standard InChI is InChI=1S/C22H24N2O3/c1-15-20-9-8-19(27-2)14-16(20)10-12-23(15)22(26)17-5-3-6-18(13-17)24-11-4-7-21(24)25/h3,5-6,8-9,13-15H,4,7,10-12H2,1-2H3. The molecule has 0 radical (unpaired) electrons. The van der Waals surface area contributed by atoms with Gasteiger partial charge in [0, 0.05) is 30.8 Å². The second-order valence-electron chi connectivity index (χ2n) is 7.19. The first kappa shape index (κ1) is 17.6. The van der Waals surface area contributed by atoms with Crippen molar-refractivity contribution in [2.75, 3.05) is 25.1 Å². The number of methoxy groups -OCH3 is 1. The number of fused-ring (bicyclic) bond motifs is 1. The molecule has 1 unspecified atom stereocenters. The zero-order chi connectivity index (χ0) is 19.0. The van der Waals surface area contributed by atoms with Crippen LogP contribution in [0.5, 0.6) is 5.75 Å². The minimum atomic E-state index is 0.00392. The van der Waals surface area contributed by atoms with Gasteiger partial charge in [-0.15, -0.1) is 0 Å². The molecule has 0 saturated carbocycles. The van der Waals surface area contributed by atoms with Crippen molar-refractivity contribution in [1.29, 1.82) is 0 Å². The van der Waals surface area contributed by atoms with Crippen LogP contribution in [0.25, 0.3) is 0 Å². The first-order valence-electron chi connectivity index (χ1n) is 9.46. The highest BCUT2D eigenvalue weighted by molar-refractivity contribution is 5.99. The van der Waals surface area contributed by atoms with Crippen molar-refractivity contribution in [1.82, 2.24) is 4.90 Å². The zero-order valence-electron chi connectivity index (χ0n) is 15.8. The lowest BCUT2D eigenvalue weighted by atomic mass is 9.92. The van der Waals surface area contributed by atoms with Gasteiger partial charge in [-0.3, -0.25) is 9.59 Å². The smallest absolute Gasteiger partial charge is 0.254 e. The molecule has 1 saturated heterocycles. The van der Waals surface area contributed by atoms with E-state index in [1.807, 2.05) is 35.2 Å². The molecular formula is C22H24N2O3. The predicted molar refractivity (Wildman–Crippen MR) is 104 cm³/mol. The quantitative estimate of drug-likeness (QED) is 0.836. The van der Waals surface area contributed by atoms with Crippen LogP contribution in [0.2, 0.25) is 0 Å². The molecule has 2 aliphatic heterocycles. The van der Waals surface area contributed by atoms with E-state index in [0.29, 0.717) is 18.5 Å². The van der Waals surface area contributed by atoms with Crippen LogP contribution in [0.3, 0.4) is 0 Å². The maximum atomic E-state index is 13.2. The van der Waals surface area contributed by atoms with Crippen molar-refractivity contribution < 1.29 is 14.3 Å². The van der Waals surface area contributed by atoms with E-state index in [4.69, 9.17) is 4.74 Å². The van der Waals surface area contributed by atoms with Crippen molar-refractivity contribution in [2.24, 2.45) is 0 Å². The number of amides is 2. The normalized spacial score (nSPS) is 19.2. The maximum Gasteiger partial charge on any atom is 0.254 e. The van der Waals surface area contributed by atoms with Crippen molar-refractivity contribution in [3.8, 4) is 5.75 Å². The van der Waals surface area contributed by atoms with Gasteiger partial charge >= 0.3 is 0 Å². The summed E-state index contributed by atoms with van der Waals surface area (Å²) >= 11 is 0. The number of carbonyl (C=O) groups excluding carboxylic acids is 2. The molecular weight excluding hydrogens is 340 g/mol. The van der Waals surface area contributed by atoms with Crippen LogP contribution >= 0.6 is 0 Å². The molecule has 2 aliphatic rings. The van der Waals surface area contributed by atoms with Crippen LogP contribution in [0, 0.1) is 0 Å². The SMILES string of the molecule is COc1ccc2c(c1)CCN(C(=O)c1cccc(N3CCCC3=O)c1)C2C. The fourth-order valence-electron chi connectivity index (χ4n) is 4.11. The number of hydrogen-bond acceptors (Lipinski definition) is 3. The van der Waals surface area contributed by atoms with Crippen LogP contribution in [0.1, 0.15) is 47.3 Å². The average molecular weight is 364 g/mol. The van der Waals surface area contributed by atoms with Gasteiger partial charge < -0.3 is 14.5 Å². The monoisotopic (exact) mass is 364 g/mol. The Balaban J connectivity index is 1.59. The second kappa shape index (κ2) is 7.06. The summed E-state index contributed by atoms with van der Waals surface area (Å²) < 4.78 is 5.32. The summed E-state index contributed by atoms with van der Waals surface area (Å²) in [4.78, 5) is 28.9. The Morgan fingerprint density at radius 3 is 2.70 bits per heavy atom. The molecule has 0 bridgehead atoms. The lowest BCUT2D eigenvalue weighted by Crippen LogP contribution is -2.39. The Labute approximate surface area is 159 Å². The fourth-order valence-corrected chi connectivity index (χ4v) is 4.11. The Kier molecular flexibility index (Phi) is 4.60. The molecule has 0 N–H and O–H groups in total. The molecule has 0 aromatic heterocycles. The van der Waals surface area contributed by atoms with Gasteiger partial charge in [0.2, 0.25) is 5.91 Å². The van der Waals surface area contributed by atoms with E-state index in [1.54, 1.807) is 12.0 Å². The molecule has 2 aromatic rings. The minimum absolute atomic E-state index is 0.00392. The molecule has 0 aliphatic carbocycles. The highest BCUT2D eigenvalue weighted by atomic mass is 16.5. The largest absolute Gasteiger partial charge is 0.497 e. The molecule has 2 heterocycles. The molecule has 1 fully saturated rings. The predicted octanol–water partition coefficient (Wildman–Crippen LogP) is 3.58. The van der Waals surface area contributed by atoms with Crippen LogP contribution in [0.4, 0.5) is 5.69 Å². The van der Waals surface area contributed by atoms with Crippen LogP contribution < -0.4 is 9.64 Å². The fraction of sp³-hybridized carbons (Fsp3) is 0.364. The zero-order valence-corrected chi connectivity index (χ0v) is 15.8. The number of benzene rings is 2. The van der Waals surface area contributed by atoms with E-state index < -0.39 is 0 Å². The third kappa shape index (κ3) is 3.18. The Hall–Kier alpha value is -2.82. The lowest BCUT2D eigenvalue weighted by Gasteiger charge is -2.35.